The summed E-state index contributed by atoms with van der Waals surface area (Å²) in [6, 6.07) is 0. The van der Waals surface area contributed by atoms with Crippen molar-refractivity contribution in [2.75, 3.05) is 6.54 Å². The van der Waals surface area contributed by atoms with Gasteiger partial charge in [0.1, 0.15) is 0 Å². The molecule has 0 fully saturated rings. The van der Waals surface area contributed by atoms with Crippen molar-refractivity contribution in [2.24, 2.45) is 17.3 Å². The van der Waals surface area contributed by atoms with Gasteiger partial charge in [0.2, 0.25) is 5.91 Å². The Morgan fingerprint density at radius 2 is 1.73 bits per heavy atom. The van der Waals surface area contributed by atoms with Crippen molar-refractivity contribution in [3.8, 4) is 0 Å². The van der Waals surface area contributed by atoms with Gasteiger partial charge in [-0.05, 0) is 17.3 Å². The summed E-state index contributed by atoms with van der Waals surface area (Å²) in [5.74, 6) is 0.789. The minimum atomic E-state index is -0.197. The maximum atomic E-state index is 11.6. The first-order chi connectivity index (χ1) is 6.66. The van der Waals surface area contributed by atoms with Crippen LogP contribution in [0.15, 0.2) is 0 Å². The highest BCUT2D eigenvalue weighted by Gasteiger charge is 2.22. The molecule has 15 heavy (non-hydrogen) atoms. The Hall–Kier alpha value is -0.180. The lowest BCUT2D eigenvalue weighted by molar-refractivity contribution is -0.121. The number of carbonyl (C=O) groups is 1. The van der Waals surface area contributed by atoms with Gasteiger partial charge in [0, 0.05) is 6.54 Å². The fourth-order valence-electron chi connectivity index (χ4n) is 0.967. The molecule has 0 saturated heterocycles. The molecular formula is C12H25NOS. The van der Waals surface area contributed by atoms with Gasteiger partial charge in [-0.3, -0.25) is 4.79 Å². The highest BCUT2D eigenvalue weighted by atomic mass is 32.1. The first-order valence-electron chi connectivity index (χ1n) is 5.62. The predicted octanol–water partition coefficient (Wildman–Crippen LogP) is 2.74. The van der Waals surface area contributed by atoms with Gasteiger partial charge in [-0.25, -0.2) is 0 Å². The molecule has 90 valence electrons. The van der Waals surface area contributed by atoms with Crippen molar-refractivity contribution in [1.82, 2.24) is 5.32 Å². The van der Waals surface area contributed by atoms with Crippen LogP contribution >= 0.6 is 12.6 Å². The topological polar surface area (TPSA) is 29.1 Å². The highest BCUT2D eigenvalue weighted by Crippen LogP contribution is 2.24. The van der Waals surface area contributed by atoms with Crippen LogP contribution in [-0.4, -0.2) is 17.7 Å². The van der Waals surface area contributed by atoms with Crippen molar-refractivity contribution in [3.05, 3.63) is 0 Å². The first kappa shape index (κ1) is 14.8. The van der Waals surface area contributed by atoms with Gasteiger partial charge in [0.25, 0.3) is 0 Å². The lowest BCUT2D eigenvalue weighted by Crippen LogP contribution is -2.39. The Bertz CT molecular complexity index is 208. The van der Waals surface area contributed by atoms with E-state index in [-0.39, 0.29) is 22.5 Å². The van der Waals surface area contributed by atoms with Gasteiger partial charge in [-0.1, -0.05) is 41.5 Å². The molecule has 0 spiro atoms. The van der Waals surface area contributed by atoms with E-state index in [1.54, 1.807) is 0 Å². The van der Waals surface area contributed by atoms with E-state index in [1.165, 1.54) is 0 Å². The Balaban J connectivity index is 4.02. The van der Waals surface area contributed by atoms with E-state index in [1.807, 2.05) is 13.8 Å². The monoisotopic (exact) mass is 231 g/mol. The zero-order valence-corrected chi connectivity index (χ0v) is 11.7. The molecule has 0 aliphatic rings. The number of amides is 1. The summed E-state index contributed by atoms with van der Waals surface area (Å²) >= 11 is 4.28. The largest absolute Gasteiger partial charge is 0.355 e. The van der Waals surface area contributed by atoms with Gasteiger partial charge < -0.3 is 5.32 Å². The van der Waals surface area contributed by atoms with Crippen LogP contribution in [0.4, 0.5) is 0 Å². The van der Waals surface area contributed by atoms with Crippen LogP contribution < -0.4 is 5.32 Å². The van der Waals surface area contributed by atoms with Crippen molar-refractivity contribution in [3.63, 3.8) is 0 Å². The lowest BCUT2D eigenvalue weighted by atomic mass is 9.82. The van der Waals surface area contributed by atoms with Gasteiger partial charge >= 0.3 is 0 Å². The van der Waals surface area contributed by atoms with E-state index in [0.29, 0.717) is 5.92 Å². The summed E-state index contributed by atoms with van der Waals surface area (Å²) in [7, 11) is 0. The minimum absolute atomic E-state index is 0.0458. The molecule has 0 bridgehead atoms. The molecule has 2 nitrogen and oxygen atoms in total. The zero-order chi connectivity index (χ0) is 12.2. The molecule has 0 aromatic carbocycles. The van der Waals surface area contributed by atoms with Crippen LogP contribution in [-0.2, 0) is 4.79 Å². The number of hydrogen-bond acceptors (Lipinski definition) is 2. The summed E-state index contributed by atoms with van der Waals surface area (Å²) < 4.78 is 0. The second kappa shape index (κ2) is 5.78. The van der Waals surface area contributed by atoms with Crippen LogP contribution in [0, 0.1) is 17.3 Å². The van der Waals surface area contributed by atoms with Crippen molar-refractivity contribution in [1.29, 1.82) is 0 Å². The van der Waals surface area contributed by atoms with Crippen molar-refractivity contribution in [2.45, 2.75) is 46.8 Å². The Labute approximate surface area is 99.6 Å². The fourth-order valence-corrected chi connectivity index (χ4v) is 1.06. The fraction of sp³-hybridized carbons (Fsp3) is 0.917. The third kappa shape index (κ3) is 5.45. The summed E-state index contributed by atoms with van der Waals surface area (Å²) in [4.78, 5) is 11.6. The third-order valence-corrected chi connectivity index (χ3v) is 3.79. The molecule has 0 heterocycles. The standard InChI is InChI=1S/C12H25NOS/c1-8(2)10(15)11(14)13-7-9(3)12(4,5)6/h8-10,15H,7H2,1-6H3,(H,13,14). The van der Waals surface area contributed by atoms with Crippen LogP contribution in [0.2, 0.25) is 0 Å². The quantitative estimate of drug-likeness (QED) is 0.716. The summed E-state index contributed by atoms with van der Waals surface area (Å²) in [5.41, 5.74) is 0.233. The SMILES string of the molecule is CC(C)C(S)C(=O)NCC(C)C(C)(C)C. The molecule has 2 unspecified atom stereocenters. The Morgan fingerprint density at radius 1 is 1.27 bits per heavy atom. The molecular weight excluding hydrogens is 206 g/mol. The van der Waals surface area contributed by atoms with E-state index in [4.69, 9.17) is 0 Å². The van der Waals surface area contributed by atoms with E-state index in [0.717, 1.165) is 6.54 Å². The normalized spacial score (nSPS) is 16.3. The molecule has 0 saturated carbocycles. The Kier molecular flexibility index (Phi) is 5.71. The predicted molar refractivity (Wildman–Crippen MR) is 69.2 cm³/mol. The lowest BCUT2D eigenvalue weighted by Gasteiger charge is -2.28. The first-order valence-corrected chi connectivity index (χ1v) is 6.13. The summed E-state index contributed by atoms with van der Waals surface area (Å²) in [6.07, 6.45) is 0. The number of carbonyl (C=O) groups excluding carboxylic acids is 1. The van der Waals surface area contributed by atoms with Crippen LogP contribution in [0.1, 0.15) is 41.5 Å². The maximum absolute atomic E-state index is 11.6. The summed E-state index contributed by atoms with van der Waals surface area (Å²) in [5, 5.41) is 2.76. The second-order valence-electron chi connectivity index (χ2n) is 5.70. The molecule has 0 radical (unpaired) electrons. The zero-order valence-electron chi connectivity index (χ0n) is 10.8. The number of hydrogen-bond donors (Lipinski definition) is 2. The van der Waals surface area contributed by atoms with Crippen LogP contribution in [0.5, 0.6) is 0 Å². The van der Waals surface area contributed by atoms with Crippen molar-refractivity contribution < 1.29 is 4.79 Å². The smallest absolute Gasteiger partial charge is 0.233 e. The molecule has 0 rings (SSSR count). The van der Waals surface area contributed by atoms with Gasteiger partial charge in [-0.15, -0.1) is 0 Å². The maximum Gasteiger partial charge on any atom is 0.233 e. The number of nitrogens with one attached hydrogen (secondary N) is 1. The van der Waals surface area contributed by atoms with Crippen LogP contribution in [0.25, 0.3) is 0 Å². The molecule has 0 aliphatic heterocycles. The van der Waals surface area contributed by atoms with E-state index < -0.39 is 0 Å². The third-order valence-electron chi connectivity index (χ3n) is 2.96. The van der Waals surface area contributed by atoms with E-state index in [2.05, 4.69) is 45.6 Å². The Morgan fingerprint density at radius 3 is 2.07 bits per heavy atom. The minimum Gasteiger partial charge on any atom is -0.355 e. The summed E-state index contributed by atoms with van der Waals surface area (Å²) in [6.45, 7) is 13.4. The van der Waals surface area contributed by atoms with Crippen molar-refractivity contribution >= 4 is 18.5 Å². The average Bonchev–Trinajstić information content (AvgIpc) is 2.10. The second-order valence-corrected chi connectivity index (χ2v) is 6.26. The van der Waals surface area contributed by atoms with Crippen LogP contribution in [0.3, 0.4) is 0 Å². The number of thiol groups is 1. The van der Waals surface area contributed by atoms with Gasteiger partial charge in [-0.2, -0.15) is 12.6 Å². The molecule has 1 amide bonds. The highest BCUT2D eigenvalue weighted by molar-refractivity contribution is 7.81. The molecule has 1 N–H and O–H groups in total. The molecule has 0 aromatic rings. The van der Waals surface area contributed by atoms with Gasteiger partial charge in [0.15, 0.2) is 0 Å². The number of rotatable bonds is 4. The molecule has 2 atom stereocenters. The van der Waals surface area contributed by atoms with E-state index in [9.17, 15) is 4.79 Å². The molecule has 0 aromatic heterocycles. The molecule has 3 heteroatoms. The average molecular weight is 231 g/mol. The van der Waals surface area contributed by atoms with Gasteiger partial charge in [0.05, 0.1) is 5.25 Å². The van der Waals surface area contributed by atoms with E-state index >= 15 is 0 Å². The molecule has 0 aliphatic carbocycles.